The first-order valence-electron chi connectivity index (χ1n) is 4.40. The number of carbonyl (C=O) groups is 1. The number of hydrogen-bond donors (Lipinski definition) is 2. The molecule has 0 radical (unpaired) electrons. The second kappa shape index (κ2) is 3.72. The number of rotatable bonds is 1. The highest BCUT2D eigenvalue weighted by molar-refractivity contribution is 6.01. The fourth-order valence-corrected chi connectivity index (χ4v) is 1.26. The van der Waals surface area contributed by atoms with Gasteiger partial charge >= 0.3 is 12.1 Å². The molecule has 0 aliphatic carbocycles. The predicted molar refractivity (Wildman–Crippen MR) is 50.7 cm³/mol. The molecule has 0 spiro atoms. The van der Waals surface area contributed by atoms with Gasteiger partial charge in [0.25, 0.3) is 0 Å². The quantitative estimate of drug-likeness (QED) is 0.759. The van der Waals surface area contributed by atoms with Gasteiger partial charge in [0.1, 0.15) is 5.82 Å². The van der Waals surface area contributed by atoms with E-state index in [9.17, 15) is 22.4 Å². The summed E-state index contributed by atoms with van der Waals surface area (Å²) in [5.74, 6) is -3.15. The van der Waals surface area contributed by atoms with Crippen LogP contribution in [0.5, 0.6) is 0 Å². The van der Waals surface area contributed by atoms with Gasteiger partial charge in [0.2, 0.25) is 0 Å². The van der Waals surface area contributed by atoms with Gasteiger partial charge < -0.3 is 5.32 Å². The van der Waals surface area contributed by atoms with Crippen molar-refractivity contribution in [3.05, 3.63) is 24.0 Å². The van der Waals surface area contributed by atoms with E-state index in [1.807, 2.05) is 0 Å². The van der Waals surface area contributed by atoms with Crippen LogP contribution in [0.15, 0.2) is 18.2 Å². The summed E-state index contributed by atoms with van der Waals surface area (Å²) in [5, 5.41) is 7.47. The van der Waals surface area contributed by atoms with Crippen molar-refractivity contribution < 1.29 is 22.4 Å². The number of anilines is 1. The number of fused-ring (bicyclic) bond motifs is 1. The van der Waals surface area contributed by atoms with Gasteiger partial charge in [-0.25, -0.2) is 4.39 Å². The normalized spacial score (nSPS) is 11.8. The Labute approximate surface area is 91.6 Å². The van der Waals surface area contributed by atoms with Crippen LogP contribution >= 0.6 is 0 Å². The third-order valence-corrected chi connectivity index (χ3v) is 2.01. The number of nitrogens with one attached hydrogen (secondary N) is 2. The summed E-state index contributed by atoms with van der Waals surface area (Å²) in [4.78, 5) is 10.7. The largest absolute Gasteiger partial charge is 0.471 e. The van der Waals surface area contributed by atoms with E-state index >= 15 is 0 Å². The monoisotopic (exact) mass is 247 g/mol. The molecule has 1 aromatic heterocycles. The molecule has 0 fully saturated rings. The number of aromatic amines is 1. The maximum Gasteiger partial charge on any atom is 0.471 e. The van der Waals surface area contributed by atoms with Crippen LogP contribution in [0.2, 0.25) is 0 Å². The summed E-state index contributed by atoms with van der Waals surface area (Å²) in [6, 6.07) is 3.40. The smallest absolute Gasteiger partial charge is 0.301 e. The molecule has 1 heterocycles. The predicted octanol–water partition coefficient (Wildman–Crippen LogP) is 2.20. The molecule has 0 aliphatic heterocycles. The number of aromatic nitrogens is 2. The van der Waals surface area contributed by atoms with Crippen LogP contribution < -0.4 is 5.32 Å². The minimum atomic E-state index is -5.02. The van der Waals surface area contributed by atoms with Gasteiger partial charge in [0, 0.05) is 5.39 Å². The van der Waals surface area contributed by atoms with Crippen LogP contribution in [0.3, 0.4) is 0 Å². The van der Waals surface area contributed by atoms with Gasteiger partial charge in [0.05, 0.1) is 5.52 Å². The second-order valence-corrected chi connectivity index (χ2v) is 3.21. The van der Waals surface area contributed by atoms with E-state index in [1.165, 1.54) is 6.07 Å². The van der Waals surface area contributed by atoms with E-state index in [4.69, 9.17) is 0 Å². The summed E-state index contributed by atoms with van der Waals surface area (Å²) in [6.45, 7) is 0. The Hall–Kier alpha value is -2.12. The number of H-pyrrole nitrogens is 1. The standard InChI is InChI=1S/C9H5F4N3O/c10-4-1-2-6-5(3-4)7(16-15-6)14-8(17)9(11,12)13/h1-3H,(H2,14,15,16,17). The first-order chi connectivity index (χ1) is 7.88. The molecule has 0 aliphatic rings. The minimum Gasteiger partial charge on any atom is -0.301 e. The van der Waals surface area contributed by atoms with Crippen LogP contribution in [0, 0.1) is 5.82 Å². The van der Waals surface area contributed by atoms with Crippen molar-refractivity contribution >= 4 is 22.6 Å². The third kappa shape index (κ3) is 2.19. The Kier molecular flexibility index (Phi) is 2.49. The van der Waals surface area contributed by atoms with E-state index < -0.39 is 17.9 Å². The van der Waals surface area contributed by atoms with Crippen molar-refractivity contribution in [2.24, 2.45) is 0 Å². The molecule has 4 nitrogen and oxygen atoms in total. The topological polar surface area (TPSA) is 57.8 Å². The second-order valence-electron chi connectivity index (χ2n) is 3.21. The Balaban J connectivity index is 2.37. The third-order valence-electron chi connectivity index (χ3n) is 2.01. The van der Waals surface area contributed by atoms with Crippen molar-refractivity contribution in [1.29, 1.82) is 0 Å². The maximum absolute atomic E-state index is 12.9. The molecule has 0 atom stereocenters. The lowest BCUT2D eigenvalue weighted by Crippen LogP contribution is -2.30. The van der Waals surface area contributed by atoms with Crippen molar-refractivity contribution in [1.82, 2.24) is 10.2 Å². The van der Waals surface area contributed by atoms with E-state index in [2.05, 4.69) is 10.2 Å². The van der Waals surface area contributed by atoms with Crippen LogP contribution in [0.25, 0.3) is 10.9 Å². The number of hydrogen-bond acceptors (Lipinski definition) is 2. The average Bonchev–Trinajstić information content (AvgIpc) is 2.60. The first-order valence-corrected chi connectivity index (χ1v) is 4.40. The van der Waals surface area contributed by atoms with Crippen molar-refractivity contribution in [2.45, 2.75) is 6.18 Å². The zero-order valence-electron chi connectivity index (χ0n) is 8.10. The molecule has 0 bridgehead atoms. The summed E-state index contributed by atoms with van der Waals surface area (Å²) in [6.07, 6.45) is -5.02. The van der Waals surface area contributed by atoms with Gasteiger partial charge in [-0.1, -0.05) is 0 Å². The lowest BCUT2D eigenvalue weighted by atomic mass is 10.2. The fourth-order valence-electron chi connectivity index (χ4n) is 1.26. The molecular weight excluding hydrogens is 242 g/mol. The van der Waals surface area contributed by atoms with E-state index in [0.29, 0.717) is 5.52 Å². The number of alkyl halides is 3. The molecule has 2 aromatic rings. The van der Waals surface area contributed by atoms with Crippen LogP contribution in [0.4, 0.5) is 23.4 Å². The Morgan fingerprint density at radius 3 is 2.71 bits per heavy atom. The number of halogens is 4. The van der Waals surface area contributed by atoms with Crippen molar-refractivity contribution in [3.63, 3.8) is 0 Å². The lowest BCUT2D eigenvalue weighted by Gasteiger charge is -2.05. The van der Waals surface area contributed by atoms with E-state index in [-0.39, 0.29) is 11.2 Å². The molecular formula is C9H5F4N3O. The molecule has 8 heteroatoms. The Morgan fingerprint density at radius 1 is 1.35 bits per heavy atom. The van der Waals surface area contributed by atoms with Crippen molar-refractivity contribution in [2.75, 3.05) is 5.32 Å². The SMILES string of the molecule is O=C(Nc1n[nH]c2ccc(F)cc12)C(F)(F)F. The highest BCUT2D eigenvalue weighted by Crippen LogP contribution is 2.23. The van der Waals surface area contributed by atoms with Gasteiger partial charge in [0.15, 0.2) is 5.82 Å². The van der Waals surface area contributed by atoms with Crippen LogP contribution in [-0.2, 0) is 4.79 Å². The molecule has 0 unspecified atom stereocenters. The highest BCUT2D eigenvalue weighted by atomic mass is 19.4. The molecule has 2 N–H and O–H groups in total. The molecule has 1 amide bonds. The number of carbonyl (C=O) groups excluding carboxylic acids is 1. The number of benzene rings is 1. The van der Waals surface area contributed by atoms with Crippen molar-refractivity contribution in [3.8, 4) is 0 Å². The van der Waals surface area contributed by atoms with E-state index in [0.717, 1.165) is 12.1 Å². The van der Waals surface area contributed by atoms with Gasteiger partial charge in [-0.05, 0) is 18.2 Å². The summed E-state index contributed by atoms with van der Waals surface area (Å²) in [7, 11) is 0. The average molecular weight is 247 g/mol. The van der Waals surface area contributed by atoms with Gasteiger partial charge in [-0.3, -0.25) is 9.89 Å². The van der Waals surface area contributed by atoms with E-state index in [1.54, 1.807) is 5.32 Å². The lowest BCUT2D eigenvalue weighted by molar-refractivity contribution is -0.167. The highest BCUT2D eigenvalue weighted by Gasteiger charge is 2.39. The molecule has 1 aromatic carbocycles. The first kappa shape index (κ1) is 11.4. The van der Waals surface area contributed by atoms with Gasteiger partial charge in [-0.15, -0.1) is 0 Å². The summed E-state index contributed by atoms with van der Waals surface area (Å²) >= 11 is 0. The zero-order valence-corrected chi connectivity index (χ0v) is 8.10. The molecule has 90 valence electrons. The van der Waals surface area contributed by atoms with Gasteiger partial charge in [-0.2, -0.15) is 18.3 Å². The molecule has 0 saturated heterocycles. The molecule has 17 heavy (non-hydrogen) atoms. The molecule has 2 rings (SSSR count). The summed E-state index contributed by atoms with van der Waals surface area (Å²) in [5.41, 5.74) is 0.323. The molecule has 0 saturated carbocycles. The summed E-state index contributed by atoms with van der Waals surface area (Å²) < 4.78 is 48.9. The number of nitrogens with zero attached hydrogens (tertiary/aromatic N) is 1. The Bertz CT molecular complexity index is 575. The van der Waals surface area contributed by atoms with Crippen LogP contribution in [0.1, 0.15) is 0 Å². The minimum absolute atomic E-state index is 0.0719. The maximum atomic E-state index is 12.9. The Morgan fingerprint density at radius 2 is 2.06 bits per heavy atom. The zero-order chi connectivity index (χ0) is 12.6. The fraction of sp³-hybridized carbons (Fsp3) is 0.111. The number of amides is 1. The van der Waals surface area contributed by atoms with Crippen LogP contribution in [-0.4, -0.2) is 22.3 Å².